The molecule has 0 spiro atoms. The monoisotopic (exact) mass is 554 g/mol. The highest BCUT2D eigenvalue weighted by atomic mass is 19.4. The third-order valence-corrected chi connectivity index (χ3v) is 5.99. The molecule has 0 bridgehead atoms. The molecule has 4 rings (SSSR count). The van der Waals surface area contributed by atoms with Gasteiger partial charge in [0, 0.05) is 31.0 Å². The van der Waals surface area contributed by atoms with Crippen LogP contribution in [0.15, 0.2) is 60.9 Å². The Morgan fingerprint density at radius 3 is 2.52 bits per heavy atom. The molecule has 1 fully saturated rings. The van der Waals surface area contributed by atoms with Crippen molar-refractivity contribution in [3.05, 3.63) is 89.3 Å². The second-order valence-corrected chi connectivity index (χ2v) is 8.80. The van der Waals surface area contributed by atoms with Crippen LogP contribution >= 0.6 is 0 Å². The maximum atomic E-state index is 14.9. The summed E-state index contributed by atoms with van der Waals surface area (Å²) in [5.41, 5.74) is -2.65. The van der Waals surface area contributed by atoms with E-state index >= 15 is 0 Å². The molecule has 3 amide bonds. The Hall–Kier alpha value is -4.94. The molecular weight excluding hydrogens is 532 g/mol. The maximum absolute atomic E-state index is 14.9. The number of aromatic nitrogens is 2. The first kappa shape index (κ1) is 28.1. The lowest BCUT2D eigenvalue weighted by Crippen LogP contribution is -2.23. The zero-order valence-electron chi connectivity index (χ0n) is 20.9. The van der Waals surface area contributed by atoms with Crippen molar-refractivity contribution < 1.29 is 31.9 Å². The Labute approximate surface area is 225 Å². The van der Waals surface area contributed by atoms with E-state index in [1.165, 1.54) is 19.4 Å². The molecule has 206 valence electrons. The number of alkyl halides is 3. The Morgan fingerprint density at radius 1 is 1.18 bits per heavy atom. The Morgan fingerprint density at radius 2 is 1.90 bits per heavy atom. The molecule has 1 aliphatic heterocycles. The van der Waals surface area contributed by atoms with Crippen molar-refractivity contribution >= 4 is 29.1 Å². The topological polar surface area (TPSA) is 137 Å². The lowest BCUT2D eigenvalue weighted by atomic mass is 9.98. The number of benzene rings is 2. The SMILES string of the molecule is CN/C=C\C(=N)c1cc(C(=O)Nc2cnc(CC3CC(=O)NC3=O)nc2-c2ccccc2)c(F)cc1C(F)(F)F. The molecule has 3 aromatic rings. The minimum absolute atomic E-state index is 0.0185. The second-order valence-electron chi connectivity index (χ2n) is 8.80. The number of hydrogen-bond donors (Lipinski definition) is 4. The van der Waals surface area contributed by atoms with Gasteiger partial charge in [0.25, 0.3) is 5.91 Å². The van der Waals surface area contributed by atoms with E-state index in [0.29, 0.717) is 11.6 Å². The number of halogens is 4. The fourth-order valence-electron chi connectivity index (χ4n) is 4.07. The van der Waals surface area contributed by atoms with Crippen LogP contribution in [0.3, 0.4) is 0 Å². The van der Waals surface area contributed by atoms with E-state index in [9.17, 15) is 31.9 Å². The Bertz CT molecular complexity index is 1520. The van der Waals surface area contributed by atoms with Gasteiger partial charge in [0.15, 0.2) is 0 Å². The second kappa shape index (κ2) is 11.4. The lowest BCUT2D eigenvalue weighted by Gasteiger charge is -2.16. The van der Waals surface area contributed by atoms with Crippen molar-refractivity contribution in [1.82, 2.24) is 20.6 Å². The quantitative estimate of drug-likeness (QED) is 0.190. The van der Waals surface area contributed by atoms with Gasteiger partial charge in [-0.2, -0.15) is 13.2 Å². The number of hydrogen-bond acceptors (Lipinski definition) is 7. The predicted molar refractivity (Wildman–Crippen MR) is 137 cm³/mol. The van der Waals surface area contributed by atoms with Crippen LogP contribution in [-0.2, 0) is 22.2 Å². The molecule has 0 aliphatic carbocycles. The van der Waals surface area contributed by atoms with Crippen molar-refractivity contribution in [3.8, 4) is 11.3 Å². The first-order valence-electron chi connectivity index (χ1n) is 11.9. The molecule has 1 aliphatic rings. The molecule has 1 unspecified atom stereocenters. The molecule has 2 heterocycles. The van der Waals surface area contributed by atoms with E-state index < -0.39 is 58.0 Å². The molecule has 9 nitrogen and oxygen atoms in total. The molecule has 2 aromatic carbocycles. The maximum Gasteiger partial charge on any atom is 0.417 e. The fraction of sp³-hybridized carbons (Fsp3) is 0.185. The first-order valence-corrected chi connectivity index (χ1v) is 11.9. The number of nitrogens with one attached hydrogen (secondary N) is 4. The third-order valence-electron chi connectivity index (χ3n) is 5.99. The molecule has 13 heteroatoms. The average molecular weight is 555 g/mol. The smallest absolute Gasteiger partial charge is 0.394 e. The van der Waals surface area contributed by atoms with E-state index in [0.717, 1.165) is 6.08 Å². The summed E-state index contributed by atoms with van der Waals surface area (Å²) in [6, 6.07) is 9.37. The number of imide groups is 1. The van der Waals surface area contributed by atoms with Gasteiger partial charge in [-0.15, -0.1) is 0 Å². The molecule has 40 heavy (non-hydrogen) atoms. The Kier molecular flexibility index (Phi) is 8.03. The van der Waals surface area contributed by atoms with Gasteiger partial charge in [-0.3, -0.25) is 19.7 Å². The summed E-state index contributed by atoms with van der Waals surface area (Å²) in [5.74, 6) is -3.84. The van der Waals surface area contributed by atoms with E-state index in [-0.39, 0.29) is 36.1 Å². The van der Waals surface area contributed by atoms with Crippen molar-refractivity contribution in [2.24, 2.45) is 5.92 Å². The van der Waals surface area contributed by atoms with E-state index in [4.69, 9.17) is 5.41 Å². The van der Waals surface area contributed by atoms with Gasteiger partial charge in [-0.1, -0.05) is 30.3 Å². The number of anilines is 1. The molecule has 0 radical (unpaired) electrons. The third kappa shape index (κ3) is 6.20. The summed E-state index contributed by atoms with van der Waals surface area (Å²) in [4.78, 5) is 45.3. The van der Waals surface area contributed by atoms with Crippen LogP contribution in [0.25, 0.3) is 11.3 Å². The van der Waals surface area contributed by atoms with Crippen molar-refractivity contribution in [2.45, 2.75) is 19.0 Å². The predicted octanol–water partition coefficient (Wildman–Crippen LogP) is 3.86. The highest BCUT2D eigenvalue weighted by Crippen LogP contribution is 2.34. The summed E-state index contributed by atoms with van der Waals surface area (Å²) < 4.78 is 55.6. The number of amides is 3. The van der Waals surface area contributed by atoms with Crippen LogP contribution in [0.2, 0.25) is 0 Å². The van der Waals surface area contributed by atoms with Crippen LogP contribution in [0.1, 0.15) is 33.7 Å². The van der Waals surface area contributed by atoms with Gasteiger partial charge in [0.2, 0.25) is 11.8 Å². The van der Waals surface area contributed by atoms with Gasteiger partial charge in [-0.25, -0.2) is 14.4 Å². The minimum atomic E-state index is -4.98. The lowest BCUT2D eigenvalue weighted by molar-refractivity contribution is -0.138. The molecule has 0 saturated carbocycles. The van der Waals surface area contributed by atoms with Gasteiger partial charge >= 0.3 is 6.18 Å². The zero-order chi connectivity index (χ0) is 29.0. The van der Waals surface area contributed by atoms with E-state index in [2.05, 4.69) is 25.9 Å². The standard InChI is InChI=1S/C27H22F4N6O3/c1-33-8-7-20(32)16-11-17(19(28)12-18(16)27(29,30)31)26(40)35-21-13-34-22(9-15-10-23(38)37-25(15)39)36-24(21)14-5-3-2-4-6-14/h2-8,11-13,15,32-33H,9-10H2,1H3,(H,35,40)(H,37,38,39)/b8-7-,32-20?. The summed E-state index contributed by atoms with van der Waals surface area (Å²) in [5, 5.41) is 15.2. The highest BCUT2D eigenvalue weighted by molar-refractivity contribution is 6.11. The molecule has 1 saturated heterocycles. The zero-order valence-corrected chi connectivity index (χ0v) is 20.9. The van der Waals surface area contributed by atoms with Crippen LogP contribution in [0.4, 0.5) is 23.2 Å². The van der Waals surface area contributed by atoms with Crippen LogP contribution in [0.5, 0.6) is 0 Å². The summed E-state index contributed by atoms with van der Waals surface area (Å²) in [6.45, 7) is 0. The van der Waals surface area contributed by atoms with Gasteiger partial charge in [0.05, 0.1) is 40.3 Å². The van der Waals surface area contributed by atoms with E-state index in [1.54, 1.807) is 30.3 Å². The number of allylic oxidation sites excluding steroid dienone is 1. The molecule has 1 atom stereocenters. The number of nitrogens with zero attached hydrogens (tertiary/aromatic N) is 2. The molecule has 4 N–H and O–H groups in total. The summed E-state index contributed by atoms with van der Waals surface area (Å²) >= 11 is 0. The van der Waals surface area contributed by atoms with Crippen molar-refractivity contribution in [3.63, 3.8) is 0 Å². The molecular formula is C27H22F4N6O3. The number of rotatable bonds is 8. The first-order chi connectivity index (χ1) is 19.0. The highest BCUT2D eigenvalue weighted by Gasteiger charge is 2.36. The largest absolute Gasteiger partial charge is 0.417 e. The fourth-order valence-corrected chi connectivity index (χ4v) is 4.07. The minimum Gasteiger partial charge on any atom is -0.394 e. The summed E-state index contributed by atoms with van der Waals surface area (Å²) in [7, 11) is 1.48. The average Bonchev–Trinajstić information content (AvgIpc) is 3.23. The Balaban J connectivity index is 1.71. The van der Waals surface area contributed by atoms with Crippen molar-refractivity contribution in [1.29, 1.82) is 5.41 Å². The van der Waals surface area contributed by atoms with Crippen LogP contribution < -0.4 is 16.0 Å². The van der Waals surface area contributed by atoms with E-state index in [1.807, 2.05) is 0 Å². The molecule has 1 aromatic heterocycles. The van der Waals surface area contributed by atoms with Gasteiger partial charge in [-0.05, 0) is 24.4 Å². The van der Waals surface area contributed by atoms with Gasteiger partial charge in [0.1, 0.15) is 11.6 Å². The number of carbonyl (C=O) groups is 3. The van der Waals surface area contributed by atoms with Crippen LogP contribution in [-0.4, -0.2) is 40.4 Å². The van der Waals surface area contributed by atoms with Crippen LogP contribution in [0, 0.1) is 17.1 Å². The normalized spacial score (nSPS) is 15.3. The number of carbonyl (C=O) groups excluding carboxylic acids is 3. The van der Waals surface area contributed by atoms with Gasteiger partial charge < -0.3 is 16.0 Å². The van der Waals surface area contributed by atoms with Crippen molar-refractivity contribution in [2.75, 3.05) is 12.4 Å². The summed E-state index contributed by atoms with van der Waals surface area (Å²) in [6.07, 6.45) is -1.45.